The molecule has 12 heteroatoms. The highest BCUT2D eigenvalue weighted by Crippen LogP contribution is 2.34. The third-order valence-corrected chi connectivity index (χ3v) is 7.10. The van der Waals surface area contributed by atoms with E-state index in [1.165, 1.54) is 11.0 Å². The fourth-order valence-corrected chi connectivity index (χ4v) is 5.10. The molecular formula is C24H31F3N4O4S. The number of aryl methyl sites for hydroxylation is 1. The van der Waals surface area contributed by atoms with Crippen LogP contribution in [0.4, 0.5) is 18.0 Å². The van der Waals surface area contributed by atoms with Gasteiger partial charge in [-0.1, -0.05) is 42.5 Å². The Balaban J connectivity index is 1.85. The van der Waals surface area contributed by atoms with Crippen molar-refractivity contribution >= 4 is 16.1 Å². The molecule has 2 aromatic rings. The van der Waals surface area contributed by atoms with Crippen LogP contribution < -0.4 is 10.3 Å². The highest BCUT2D eigenvalue weighted by molar-refractivity contribution is 7.89. The van der Waals surface area contributed by atoms with Crippen molar-refractivity contribution in [3.63, 3.8) is 0 Å². The van der Waals surface area contributed by atoms with Crippen LogP contribution in [0.15, 0.2) is 53.4 Å². The van der Waals surface area contributed by atoms with Gasteiger partial charge in [-0.3, -0.25) is 4.90 Å². The first kappa shape index (κ1) is 27.9. The van der Waals surface area contributed by atoms with Crippen LogP contribution in [0.3, 0.4) is 0 Å². The van der Waals surface area contributed by atoms with Crippen molar-refractivity contribution in [3.8, 4) is 0 Å². The molecule has 1 aliphatic heterocycles. The quantitative estimate of drug-likeness (QED) is 0.434. The standard InChI is InChI=1S/C24H31F3N4O4S/c1-17-9-5-8-12-21(17)36(33,34)29-28-15-18-10-6-7-11-19(18)20-16-30(24(25,26)27)13-14-31(20)22(32)35-23(2,3)4/h5-12,20,28-29H,13-16H2,1-4H3. The van der Waals surface area contributed by atoms with Gasteiger partial charge in [0.2, 0.25) is 0 Å². The summed E-state index contributed by atoms with van der Waals surface area (Å²) in [4.78, 5) is 17.0. The first-order chi connectivity index (χ1) is 16.7. The molecule has 0 bridgehead atoms. The number of halogens is 3. The number of nitrogens with one attached hydrogen (secondary N) is 2. The van der Waals surface area contributed by atoms with Crippen molar-refractivity contribution in [3.05, 3.63) is 65.2 Å². The predicted octanol–water partition coefficient (Wildman–Crippen LogP) is 4.09. The summed E-state index contributed by atoms with van der Waals surface area (Å²) in [5.74, 6) is 0. The molecule has 1 aliphatic rings. The molecule has 0 saturated carbocycles. The Bertz CT molecular complexity index is 1180. The van der Waals surface area contributed by atoms with Crippen molar-refractivity contribution in [2.24, 2.45) is 0 Å². The summed E-state index contributed by atoms with van der Waals surface area (Å²) in [6.07, 6.45) is -5.27. The number of hydrogen-bond acceptors (Lipinski definition) is 6. The molecule has 2 aromatic carbocycles. The maximum atomic E-state index is 13.6. The molecule has 1 amide bonds. The molecule has 0 aliphatic carbocycles. The molecule has 1 fully saturated rings. The summed E-state index contributed by atoms with van der Waals surface area (Å²) in [5, 5.41) is 0. The number of alkyl halides is 3. The molecule has 36 heavy (non-hydrogen) atoms. The van der Waals surface area contributed by atoms with Crippen LogP contribution in [0, 0.1) is 6.92 Å². The molecule has 198 valence electrons. The third-order valence-electron chi connectivity index (χ3n) is 5.65. The number of carbonyl (C=O) groups is 1. The van der Waals surface area contributed by atoms with E-state index >= 15 is 0 Å². The Kier molecular flexibility index (Phi) is 8.33. The van der Waals surface area contributed by atoms with Crippen molar-refractivity contribution in [1.29, 1.82) is 0 Å². The smallest absolute Gasteiger partial charge is 0.444 e. The summed E-state index contributed by atoms with van der Waals surface area (Å²) in [7, 11) is -3.87. The summed E-state index contributed by atoms with van der Waals surface area (Å²) in [6, 6.07) is 12.2. The second kappa shape index (κ2) is 10.8. The number of piperazine rings is 1. The van der Waals surface area contributed by atoms with Crippen LogP contribution in [-0.4, -0.2) is 55.8 Å². The zero-order valence-corrected chi connectivity index (χ0v) is 21.4. The minimum Gasteiger partial charge on any atom is -0.444 e. The summed E-state index contributed by atoms with van der Waals surface area (Å²) in [5.41, 5.74) is 3.40. The maximum Gasteiger partial charge on any atom is 0.460 e. The van der Waals surface area contributed by atoms with Crippen molar-refractivity contribution < 1.29 is 31.1 Å². The fraction of sp³-hybridized carbons (Fsp3) is 0.458. The van der Waals surface area contributed by atoms with Gasteiger partial charge in [-0.15, -0.1) is 4.83 Å². The van der Waals surface area contributed by atoms with Gasteiger partial charge in [-0.2, -0.15) is 13.2 Å². The van der Waals surface area contributed by atoms with E-state index < -0.39 is 40.6 Å². The third kappa shape index (κ3) is 6.96. The van der Waals surface area contributed by atoms with Crippen molar-refractivity contribution in [2.75, 3.05) is 19.6 Å². The molecule has 1 atom stereocenters. The van der Waals surface area contributed by atoms with Crippen molar-refractivity contribution in [1.82, 2.24) is 20.1 Å². The minimum atomic E-state index is -4.56. The topological polar surface area (TPSA) is 91.0 Å². The summed E-state index contributed by atoms with van der Waals surface area (Å²) >= 11 is 0. The maximum absolute atomic E-state index is 13.6. The Morgan fingerprint density at radius 3 is 2.33 bits per heavy atom. The van der Waals surface area contributed by atoms with Crippen LogP contribution in [0.1, 0.15) is 43.5 Å². The number of hydrogen-bond donors (Lipinski definition) is 2. The lowest BCUT2D eigenvalue weighted by Gasteiger charge is -2.42. The van der Waals surface area contributed by atoms with E-state index in [1.54, 1.807) is 70.2 Å². The summed E-state index contributed by atoms with van der Waals surface area (Å²) in [6.45, 7) is 5.67. The molecule has 1 unspecified atom stereocenters. The number of hydrazine groups is 1. The number of rotatable bonds is 6. The molecule has 0 spiro atoms. The van der Waals surface area contributed by atoms with Gasteiger partial charge in [-0.05, 0) is 50.5 Å². The number of benzene rings is 2. The second-order valence-corrected chi connectivity index (χ2v) is 11.2. The van der Waals surface area contributed by atoms with Gasteiger partial charge in [0.05, 0.1) is 10.9 Å². The zero-order valence-electron chi connectivity index (χ0n) is 20.6. The van der Waals surface area contributed by atoms with Gasteiger partial charge >= 0.3 is 12.4 Å². The molecule has 0 radical (unpaired) electrons. The van der Waals surface area contributed by atoms with Crippen molar-refractivity contribution in [2.45, 2.75) is 57.1 Å². The Morgan fingerprint density at radius 2 is 1.69 bits per heavy atom. The summed E-state index contributed by atoms with van der Waals surface area (Å²) < 4.78 is 71.5. The zero-order chi connectivity index (χ0) is 26.7. The minimum absolute atomic E-state index is 0.0219. The molecule has 8 nitrogen and oxygen atoms in total. The number of sulfonamides is 1. The predicted molar refractivity (Wildman–Crippen MR) is 128 cm³/mol. The van der Waals surface area contributed by atoms with Crippen LogP contribution >= 0.6 is 0 Å². The average molecular weight is 529 g/mol. The van der Waals surface area contributed by atoms with Crippen LogP contribution in [0.2, 0.25) is 0 Å². The molecule has 2 N–H and O–H groups in total. The lowest BCUT2D eigenvalue weighted by atomic mass is 9.97. The highest BCUT2D eigenvalue weighted by atomic mass is 32.2. The molecule has 0 aromatic heterocycles. The highest BCUT2D eigenvalue weighted by Gasteiger charge is 2.44. The van der Waals surface area contributed by atoms with Gasteiger partial charge in [0, 0.05) is 26.2 Å². The van der Waals surface area contributed by atoms with Gasteiger partial charge in [-0.25, -0.2) is 23.5 Å². The van der Waals surface area contributed by atoms with E-state index in [-0.39, 0.29) is 24.5 Å². The monoisotopic (exact) mass is 528 g/mol. The molecule has 1 heterocycles. The van der Waals surface area contributed by atoms with E-state index in [1.807, 2.05) is 0 Å². The van der Waals surface area contributed by atoms with Gasteiger partial charge in [0.15, 0.2) is 0 Å². The SMILES string of the molecule is Cc1ccccc1S(=O)(=O)NNCc1ccccc1C1CN(C(F)(F)F)CCN1C(=O)OC(C)(C)C. The van der Waals surface area contributed by atoms with E-state index in [4.69, 9.17) is 4.74 Å². The Labute approximate surface area is 209 Å². The number of carbonyl (C=O) groups excluding carboxylic acids is 1. The first-order valence-electron chi connectivity index (χ1n) is 11.4. The Morgan fingerprint density at radius 1 is 1.06 bits per heavy atom. The number of amides is 1. The second-order valence-electron chi connectivity index (χ2n) is 9.53. The molecule has 3 rings (SSSR count). The average Bonchev–Trinajstić information content (AvgIpc) is 2.77. The van der Waals surface area contributed by atoms with E-state index in [0.29, 0.717) is 21.6 Å². The fourth-order valence-electron chi connectivity index (χ4n) is 3.98. The molecular weight excluding hydrogens is 497 g/mol. The lowest BCUT2D eigenvalue weighted by molar-refractivity contribution is -0.256. The van der Waals surface area contributed by atoms with Gasteiger partial charge < -0.3 is 4.74 Å². The van der Waals surface area contributed by atoms with Crippen LogP contribution in [-0.2, 0) is 21.3 Å². The normalized spacial score (nSPS) is 17.8. The Hall–Kier alpha value is -2.67. The first-order valence-corrected chi connectivity index (χ1v) is 12.9. The van der Waals surface area contributed by atoms with E-state index in [2.05, 4.69) is 10.3 Å². The van der Waals surface area contributed by atoms with E-state index in [9.17, 15) is 26.4 Å². The largest absolute Gasteiger partial charge is 0.460 e. The van der Waals surface area contributed by atoms with Crippen LogP contribution in [0.25, 0.3) is 0 Å². The lowest BCUT2D eigenvalue weighted by Crippen LogP contribution is -2.55. The van der Waals surface area contributed by atoms with Crippen LogP contribution in [0.5, 0.6) is 0 Å². The van der Waals surface area contributed by atoms with E-state index in [0.717, 1.165) is 0 Å². The van der Waals surface area contributed by atoms with Gasteiger partial charge in [0.1, 0.15) is 5.60 Å². The molecule has 1 saturated heterocycles. The number of nitrogens with zero attached hydrogens (tertiary/aromatic N) is 2. The number of ether oxygens (including phenoxy) is 1. The van der Waals surface area contributed by atoms with Gasteiger partial charge in [0.25, 0.3) is 10.0 Å².